The maximum atomic E-state index is 6.19. The fraction of sp³-hybridized carbons (Fsp3) is 0.235. The van der Waals surface area contributed by atoms with E-state index in [9.17, 15) is 0 Å². The molecule has 1 aliphatic rings. The van der Waals surface area contributed by atoms with Crippen molar-refractivity contribution < 1.29 is 4.74 Å². The number of rotatable bonds is 5. The molecule has 1 atom stereocenters. The SMILES string of the molecule is C=CCOc1ccc(C2CCC(c3sccc3Cl)=N2)cc1. The summed E-state index contributed by atoms with van der Waals surface area (Å²) < 4.78 is 5.50. The molecule has 21 heavy (non-hydrogen) atoms. The summed E-state index contributed by atoms with van der Waals surface area (Å²) in [6.45, 7) is 4.17. The summed E-state index contributed by atoms with van der Waals surface area (Å²) in [5, 5.41) is 2.83. The molecule has 0 saturated heterocycles. The Bertz CT molecular complexity index is 660. The second-order valence-electron chi connectivity index (χ2n) is 4.90. The van der Waals surface area contributed by atoms with Gasteiger partial charge in [0.15, 0.2) is 0 Å². The zero-order valence-electron chi connectivity index (χ0n) is 11.6. The smallest absolute Gasteiger partial charge is 0.119 e. The molecule has 0 aliphatic carbocycles. The first kappa shape index (κ1) is 14.4. The Labute approximate surface area is 133 Å². The first-order valence-electron chi connectivity index (χ1n) is 6.91. The first-order chi connectivity index (χ1) is 10.3. The third kappa shape index (κ3) is 3.20. The molecule has 0 saturated carbocycles. The minimum atomic E-state index is 0.228. The number of hydrogen-bond acceptors (Lipinski definition) is 3. The lowest BCUT2D eigenvalue weighted by atomic mass is 10.0. The maximum Gasteiger partial charge on any atom is 0.119 e. The summed E-state index contributed by atoms with van der Waals surface area (Å²) >= 11 is 7.85. The van der Waals surface area contributed by atoms with Crippen LogP contribution >= 0.6 is 22.9 Å². The van der Waals surface area contributed by atoms with Crippen molar-refractivity contribution in [1.82, 2.24) is 0 Å². The Hall–Kier alpha value is -1.58. The average Bonchev–Trinajstić information content (AvgIpc) is 3.14. The van der Waals surface area contributed by atoms with Gasteiger partial charge in [0, 0.05) is 0 Å². The molecule has 1 unspecified atom stereocenters. The Kier molecular flexibility index (Phi) is 4.42. The normalized spacial score (nSPS) is 17.6. The number of thiophene rings is 1. The van der Waals surface area contributed by atoms with Crippen LogP contribution in [-0.4, -0.2) is 12.3 Å². The van der Waals surface area contributed by atoms with Crippen LogP contribution in [0, 0.1) is 0 Å². The van der Waals surface area contributed by atoms with Crippen molar-refractivity contribution in [2.75, 3.05) is 6.61 Å². The van der Waals surface area contributed by atoms with E-state index in [1.54, 1.807) is 17.4 Å². The van der Waals surface area contributed by atoms with Crippen LogP contribution in [-0.2, 0) is 0 Å². The van der Waals surface area contributed by atoms with E-state index in [1.807, 2.05) is 23.6 Å². The van der Waals surface area contributed by atoms with Crippen LogP contribution in [0.3, 0.4) is 0 Å². The van der Waals surface area contributed by atoms with Gasteiger partial charge in [0.05, 0.1) is 21.7 Å². The Morgan fingerprint density at radius 1 is 1.33 bits per heavy atom. The maximum absolute atomic E-state index is 6.19. The first-order valence-corrected chi connectivity index (χ1v) is 8.17. The number of halogens is 1. The molecule has 3 rings (SSSR count). The molecular weight excluding hydrogens is 302 g/mol. The fourth-order valence-corrected chi connectivity index (χ4v) is 3.64. The molecule has 2 aromatic rings. The number of hydrogen-bond donors (Lipinski definition) is 0. The molecule has 0 spiro atoms. The van der Waals surface area contributed by atoms with Crippen molar-refractivity contribution in [1.29, 1.82) is 0 Å². The predicted molar refractivity (Wildman–Crippen MR) is 90.0 cm³/mol. The highest BCUT2D eigenvalue weighted by atomic mass is 35.5. The lowest BCUT2D eigenvalue weighted by Gasteiger charge is -2.08. The van der Waals surface area contributed by atoms with Crippen molar-refractivity contribution in [3.63, 3.8) is 0 Å². The fourth-order valence-electron chi connectivity index (χ4n) is 2.45. The highest BCUT2D eigenvalue weighted by Crippen LogP contribution is 2.35. The third-order valence-corrected chi connectivity index (χ3v) is 4.87. The number of aliphatic imine (C=N–C) groups is 1. The van der Waals surface area contributed by atoms with Gasteiger partial charge in [0.1, 0.15) is 12.4 Å². The summed E-state index contributed by atoms with van der Waals surface area (Å²) in [4.78, 5) is 5.95. The van der Waals surface area contributed by atoms with Gasteiger partial charge in [0.25, 0.3) is 0 Å². The number of benzene rings is 1. The zero-order valence-corrected chi connectivity index (χ0v) is 13.2. The molecule has 0 bridgehead atoms. The summed E-state index contributed by atoms with van der Waals surface area (Å²) in [5.74, 6) is 0.863. The molecule has 0 radical (unpaired) electrons. The van der Waals surface area contributed by atoms with E-state index in [1.165, 1.54) is 5.56 Å². The molecule has 1 aromatic carbocycles. The second kappa shape index (κ2) is 6.46. The molecule has 1 aromatic heterocycles. The minimum Gasteiger partial charge on any atom is -0.490 e. The van der Waals surface area contributed by atoms with Crippen LogP contribution in [0.1, 0.15) is 29.3 Å². The van der Waals surface area contributed by atoms with Gasteiger partial charge >= 0.3 is 0 Å². The molecule has 1 aliphatic heterocycles. The Balaban J connectivity index is 1.75. The van der Waals surface area contributed by atoms with Crippen LogP contribution in [0.4, 0.5) is 0 Å². The van der Waals surface area contributed by atoms with Crippen molar-refractivity contribution in [3.8, 4) is 5.75 Å². The van der Waals surface area contributed by atoms with E-state index in [4.69, 9.17) is 21.3 Å². The molecular formula is C17H16ClNOS. The Morgan fingerprint density at radius 3 is 2.81 bits per heavy atom. The van der Waals surface area contributed by atoms with Crippen LogP contribution in [0.25, 0.3) is 0 Å². The van der Waals surface area contributed by atoms with Gasteiger partial charge in [0.2, 0.25) is 0 Å². The van der Waals surface area contributed by atoms with Crippen molar-refractivity contribution >= 4 is 28.6 Å². The molecule has 0 N–H and O–H groups in total. The van der Waals surface area contributed by atoms with Crippen molar-refractivity contribution in [2.45, 2.75) is 18.9 Å². The van der Waals surface area contributed by atoms with Gasteiger partial charge in [-0.05, 0) is 42.0 Å². The molecule has 0 fully saturated rings. The third-order valence-electron chi connectivity index (χ3n) is 3.48. The standard InChI is InChI=1S/C17H16ClNOS/c1-2-10-20-13-5-3-12(4-6-13)15-7-8-16(19-15)17-14(18)9-11-21-17/h2-6,9,11,15H,1,7-8,10H2. The minimum absolute atomic E-state index is 0.228. The monoisotopic (exact) mass is 317 g/mol. The quantitative estimate of drug-likeness (QED) is 0.686. The molecule has 108 valence electrons. The van der Waals surface area contributed by atoms with E-state index >= 15 is 0 Å². The predicted octanol–water partition coefficient (Wildman–Crippen LogP) is 5.29. The van der Waals surface area contributed by atoms with Gasteiger partial charge in [-0.15, -0.1) is 11.3 Å². The largest absolute Gasteiger partial charge is 0.490 e. The highest BCUT2D eigenvalue weighted by molar-refractivity contribution is 7.12. The summed E-state index contributed by atoms with van der Waals surface area (Å²) in [6.07, 6.45) is 3.77. The van der Waals surface area contributed by atoms with Gasteiger partial charge in [-0.3, -0.25) is 4.99 Å². The summed E-state index contributed by atoms with van der Waals surface area (Å²) in [6, 6.07) is 10.3. The van der Waals surface area contributed by atoms with Crippen molar-refractivity contribution in [2.24, 2.45) is 4.99 Å². The average molecular weight is 318 g/mol. The number of nitrogens with zero attached hydrogens (tertiary/aromatic N) is 1. The molecule has 4 heteroatoms. The Morgan fingerprint density at radius 2 is 2.14 bits per heavy atom. The molecule has 0 amide bonds. The van der Waals surface area contributed by atoms with Crippen LogP contribution in [0.2, 0.25) is 5.02 Å². The van der Waals surface area contributed by atoms with Crippen LogP contribution in [0.15, 0.2) is 53.4 Å². The summed E-state index contributed by atoms with van der Waals surface area (Å²) in [7, 11) is 0. The lowest BCUT2D eigenvalue weighted by Crippen LogP contribution is -1.94. The van der Waals surface area contributed by atoms with Crippen molar-refractivity contribution in [3.05, 3.63) is 63.8 Å². The topological polar surface area (TPSA) is 21.6 Å². The lowest BCUT2D eigenvalue weighted by molar-refractivity contribution is 0.363. The van der Waals surface area contributed by atoms with E-state index < -0.39 is 0 Å². The molecule has 2 heterocycles. The van der Waals surface area contributed by atoms with Crippen LogP contribution < -0.4 is 4.74 Å². The van der Waals surface area contributed by atoms with Gasteiger partial charge < -0.3 is 4.74 Å². The van der Waals surface area contributed by atoms with Gasteiger partial charge in [-0.25, -0.2) is 0 Å². The second-order valence-corrected chi connectivity index (χ2v) is 6.22. The number of ether oxygens (including phenoxy) is 1. The highest BCUT2D eigenvalue weighted by Gasteiger charge is 2.22. The summed E-state index contributed by atoms with van der Waals surface area (Å²) in [5.41, 5.74) is 2.36. The molecule has 2 nitrogen and oxygen atoms in total. The van der Waals surface area contributed by atoms with E-state index in [2.05, 4.69) is 18.7 Å². The zero-order chi connectivity index (χ0) is 14.7. The van der Waals surface area contributed by atoms with Gasteiger partial charge in [-0.1, -0.05) is 36.4 Å². The van der Waals surface area contributed by atoms with E-state index in [-0.39, 0.29) is 6.04 Å². The van der Waals surface area contributed by atoms with E-state index in [0.29, 0.717) is 6.61 Å². The van der Waals surface area contributed by atoms with E-state index in [0.717, 1.165) is 34.2 Å². The van der Waals surface area contributed by atoms with Crippen LogP contribution in [0.5, 0.6) is 5.75 Å². The van der Waals surface area contributed by atoms with Gasteiger partial charge in [-0.2, -0.15) is 0 Å².